The summed E-state index contributed by atoms with van der Waals surface area (Å²) in [6.45, 7) is 4.47. The van der Waals surface area contributed by atoms with Gasteiger partial charge in [-0.15, -0.1) is 11.3 Å². The zero-order valence-electron chi connectivity index (χ0n) is 12.1. The van der Waals surface area contributed by atoms with E-state index in [9.17, 15) is 0 Å². The number of rotatable bonds is 5. The van der Waals surface area contributed by atoms with Crippen molar-refractivity contribution in [3.05, 3.63) is 56.7 Å². The molecular formula is C17H21BrN2S. The van der Waals surface area contributed by atoms with E-state index >= 15 is 0 Å². The number of hydrogen-bond acceptors (Lipinski definition) is 3. The van der Waals surface area contributed by atoms with Gasteiger partial charge in [-0.25, -0.2) is 0 Å². The van der Waals surface area contributed by atoms with Gasteiger partial charge in [-0.3, -0.25) is 4.90 Å². The molecular weight excluding hydrogens is 344 g/mol. The smallest absolute Gasteiger partial charge is 0.0701 e. The Morgan fingerprint density at radius 2 is 1.90 bits per heavy atom. The van der Waals surface area contributed by atoms with Gasteiger partial charge in [0.05, 0.1) is 3.79 Å². The Morgan fingerprint density at radius 1 is 1.14 bits per heavy atom. The van der Waals surface area contributed by atoms with Crippen LogP contribution in [0.25, 0.3) is 0 Å². The SMILES string of the molecule is Brc1cc(CNC2CCN(Cc3ccccc3)CC2)cs1. The predicted molar refractivity (Wildman–Crippen MR) is 93.6 cm³/mol. The molecule has 0 amide bonds. The fraction of sp³-hybridized carbons (Fsp3) is 0.412. The van der Waals surface area contributed by atoms with Crippen LogP contribution in [0.1, 0.15) is 24.0 Å². The summed E-state index contributed by atoms with van der Waals surface area (Å²) in [6.07, 6.45) is 2.50. The van der Waals surface area contributed by atoms with Crippen molar-refractivity contribution in [2.75, 3.05) is 13.1 Å². The van der Waals surface area contributed by atoms with Crippen molar-refractivity contribution in [3.8, 4) is 0 Å². The van der Waals surface area contributed by atoms with Crippen LogP contribution in [-0.4, -0.2) is 24.0 Å². The van der Waals surface area contributed by atoms with Crippen LogP contribution in [0.15, 0.2) is 45.6 Å². The van der Waals surface area contributed by atoms with Crippen LogP contribution in [0.2, 0.25) is 0 Å². The van der Waals surface area contributed by atoms with Crippen molar-refractivity contribution in [2.24, 2.45) is 0 Å². The Kier molecular flexibility index (Phi) is 5.47. The highest BCUT2D eigenvalue weighted by Crippen LogP contribution is 2.21. The maximum absolute atomic E-state index is 3.69. The van der Waals surface area contributed by atoms with Gasteiger partial charge in [0, 0.05) is 19.1 Å². The van der Waals surface area contributed by atoms with E-state index in [1.54, 1.807) is 11.3 Å². The summed E-state index contributed by atoms with van der Waals surface area (Å²) in [4.78, 5) is 2.56. The quantitative estimate of drug-likeness (QED) is 0.852. The van der Waals surface area contributed by atoms with Gasteiger partial charge in [0.15, 0.2) is 0 Å². The molecule has 1 aromatic carbocycles. The van der Waals surface area contributed by atoms with E-state index in [0.717, 1.165) is 13.1 Å². The molecule has 0 spiro atoms. The Morgan fingerprint density at radius 3 is 2.57 bits per heavy atom. The average Bonchev–Trinajstić information content (AvgIpc) is 2.93. The van der Waals surface area contributed by atoms with Gasteiger partial charge >= 0.3 is 0 Å². The lowest BCUT2D eigenvalue weighted by Gasteiger charge is -2.32. The highest BCUT2D eigenvalue weighted by Gasteiger charge is 2.18. The first kappa shape index (κ1) is 15.2. The molecule has 0 atom stereocenters. The molecule has 0 saturated carbocycles. The number of nitrogens with zero attached hydrogens (tertiary/aromatic N) is 1. The average molecular weight is 365 g/mol. The number of hydrogen-bond donors (Lipinski definition) is 1. The maximum atomic E-state index is 3.69. The van der Waals surface area contributed by atoms with E-state index < -0.39 is 0 Å². The number of halogens is 1. The highest BCUT2D eigenvalue weighted by molar-refractivity contribution is 9.11. The monoisotopic (exact) mass is 364 g/mol. The lowest BCUT2D eigenvalue weighted by molar-refractivity contribution is 0.190. The molecule has 0 bridgehead atoms. The van der Waals surface area contributed by atoms with E-state index in [4.69, 9.17) is 0 Å². The molecule has 3 rings (SSSR count). The van der Waals surface area contributed by atoms with Gasteiger partial charge in [0.25, 0.3) is 0 Å². The van der Waals surface area contributed by atoms with Crippen LogP contribution in [0.4, 0.5) is 0 Å². The lowest BCUT2D eigenvalue weighted by Crippen LogP contribution is -2.41. The number of benzene rings is 1. The summed E-state index contributed by atoms with van der Waals surface area (Å²) >= 11 is 5.28. The summed E-state index contributed by atoms with van der Waals surface area (Å²) in [5.74, 6) is 0. The first-order valence-corrected chi connectivity index (χ1v) is 9.19. The van der Waals surface area contributed by atoms with Gasteiger partial charge in [-0.1, -0.05) is 30.3 Å². The second kappa shape index (κ2) is 7.54. The topological polar surface area (TPSA) is 15.3 Å². The summed E-state index contributed by atoms with van der Waals surface area (Å²) in [7, 11) is 0. The lowest BCUT2D eigenvalue weighted by atomic mass is 10.0. The molecule has 1 aliphatic rings. The van der Waals surface area contributed by atoms with Crippen molar-refractivity contribution in [1.82, 2.24) is 10.2 Å². The molecule has 1 saturated heterocycles. The van der Waals surface area contributed by atoms with E-state index in [-0.39, 0.29) is 0 Å². The highest BCUT2D eigenvalue weighted by atomic mass is 79.9. The maximum Gasteiger partial charge on any atom is 0.0701 e. The third-order valence-electron chi connectivity index (χ3n) is 4.05. The van der Waals surface area contributed by atoms with Gasteiger partial charge in [-0.05, 0) is 64.4 Å². The molecule has 2 nitrogen and oxygen atoms in total. The van der Waals surface area contributed by atoms with Crippen molar-refractivity contribution in [3.63, 3.8) is 0 Å². The fourth-order valence-corrected chi connectivity index (χ4v) is 4.05. The van der Waals surface area contributed by atoms with Gasteiger partial charge < -0.3 is 5.32 Å². The Hall–Kier alpha value is -0.680. The molecule has 1 N–H and O–H groups in total. The third-order valence-corrected chi connectivity index (χ3v) is 5.61. The number of thiophene rings is 1. The van der Waals surface area contributed by atoms with E-state index in [2.05, 4.69) is 67.9 Å². The second-order valence-corrected chi connectivity index (χ2v) is 7.97. The fourth-order valence-electron chi connectivity index (χ4n) is 2.84. The van der Waals surface area contributed by atoms with Crippen molar-refractivity contribution in [2.45, 2.75) is 32.0 Å². The summed E-state index contributed by atoms with van der Waals surface area (Å²) in [5, 5.41) is 5.92. The van der Waals surface area contributed by atoms with E-state index in [1.807, 2.05) is 0 Å². The third kappa shape index (κ3) is 4.65. The molecule has 112 valence electrons. The van der Waals surface area contributed by atoms with E-state index in [1.165, 1.54) is 40.8 Å². The molecule has 0 radical (unpaired) electrons. The molecule has 0 unspecified atom stereocenters. The van der Waals surface area contributed by atoms with Crippen molar-refractivity contribution in [1.29, 1.82) is 0 Å². The molecule has 4 heteroatoms. The molecule has 1 fully saturated rings. The second-order valence-electron chi connectivity index (χ2n) is 5.68. The van der Waals surface area contributed by atoms with Crippen LogP contribution in [0, 0.1) is 0 Å². The van der Waals surface area contributed by atoms with Crippen LogP contribution in [0.5, 0.6) is 0 Å². The van der Waals surface area contributed by atoms with Crippen LogP contribution in [-0.2, 0) is 13.1 Å². The number of likely N-dealkylation sites (tertiary alicyclic amines) is 1. The first-order valence-electron chi connectivity index (χ1n) is 7.52. The van der Waals surface area contributed by atoms with Crippen LogP contribution in [0.3, 0.4) is 0 Å². The Labute approximate surface area is 139 Å². The standard InChI is InChI=1S/C17H21BrN2S/c18-17-10-15(13-21-17)11-19-16-6-8-20(9-7-16)12-14-4-2-1-3-5-14/h1-5,10,13,16,19H,6-9,11-12H2. The minimum absolute atomic E-state index is 0.663. The van der Waals surface area contributed by atoms with Gasteiger partial charge in [0.2, 0.25) is 0 Å². The molecule has 1 aliphatic heterocycles. The molecule has 0 aliphatic carbocycles. The summed E-state index contributed by atoms with van der Waals surface area (Å²) in [6, 6.07) is 13.7. The van der Waals surface area contributed by atoms with Crippen molar-refractivity contribution >= 4 is 27.3 Å². The summed E-state index contributed by atoms with van der Waals surface area (Å²) < 4.78 is 1.22. The van der Waals surface area contributed by atoms with Crippen LogP contribution >= 0.6 is 27.3 Å². The predicted octanol–water partition coefficient (Wildman–Crippen LogP) is 4.26. The summed E-state index contributed by atoms with van der Waals surface area (Å²) in [5.41, 5.74) is 2.81. The van der Waals surface area contributed by atoms with Gasteiger partial charge in [0.1, 0.15) is 0 Å². The van der Waals surface area contributed by atoms with E-state index in [0.29, 0.717) is 6.04 Å². The minimum atomic E-state index is 0.663. The zero-order valence-corrected chi connectivity index (χ0v) is 14.5. The normalized spacial score (nSPS) is 17.2. The van der Waals surface area contributed by atoms with Gasteiger partial charge in [-0.2, -0.15) is 0 Å². The zero-order chi connectivity index (χ0) is 14.5. The Bertz CT molecular complexity index is 547. The molecule has 21 heavy (non-hydrogen) atoms. The molecule has 1 aromatic heterocycles. The molecule has 2 heterocycles. The largest absolute Gasteiger partial charge is 0.310 e. The number of nitrogens with one attached hydrogen (secondary N) is 1. The minimum Gasteiger partial charge on any atom is -0.310 e. The first-order chi connectivity index (χ1) is 10.3. The van der Waals surface area contributed by atoms with Crippen molar-refractivity contribution < 1.29 is 0 Å². The van der Waals surface area contributed by atoms with Crippen LogP contribution < -0.4 is 5.32 Å². The molecule has 2 aromatic rings. The number of piperidine rings is 1. The Balaban J connectivity index is 1.40.